The number of hydrogen-bond acceptors (Lipinski definition) is 3. The van der Waals surface area contributed by atoms with Gasteiger partial charge in [-0.2, -0.15) is 0 Å². The Morgan fingerprint density at radius 1 is 1.04 bits per heavy atom. The molecule has 2 aliphatic carbocycles. The average molecular weight is 361 g/mol. The lowest BCUT2D eigenvalue weighted by atomic mass is 9.75. The first-order chi connectivity index (χ1) is 12.5. The van der Waals surface area contributed by atoms with Gasteiger partial charge < -0.3 is 14.2 Å². The van der Waals surface area contributed by atoms with E-state index in [0.29, 0.717) is 25.0 Å². The Bertz CT molecular complexity index is 564. The Kier molecular flexibility index (Phi) is 6.11. The highest BCUT2D eigenvalue weighted by Crippen LogP contribution is 2.63. The molecule has 0 bridgehead atoms. The van der Waals surface area contributed by atoms with Crippen LogP contribution in [-0.2, 0) is 19.8 Å². The lowest BCUT2D eigenvalue weighted by Crippen LogP contribution is -2.41. The molecule has 3 nitrogen and oxygen atoms in total. The highest BCUT2D eigenvalue weighted by Gasteiger charge is 2.74. The van der Waals surface area contributed by atoms with Gasteiger partial charge in [0, 0.05) is 19.6 Å². The molecule has 4 atom stereocenters. The van der Waals surface area contributed by atoms with Gasteiger partial charge in [-0.05, 0) is 50.0 Å². The second-order valence-corrected chi connectivity index (χ2v) is 8.47. The van der Waals surface area contributed by atoms with Crippen molar-refractivity contribution in [2.75, 3.05) is 13.2 Å². The van der Waals surface area contributed by atoms with Crippen LogP contribution in [0.15, 0.2) is 30.3 Å². The zero-order chi connectivity index (χ0) is 18.8. The molecule has 1 aromatic carbocycles. The first-order valence-electron chi connectivity index (χ1n) is 10.5. The van der Waals surface area contributed by atoms with E-state index in [1.54, 1.807) is 0 Å². The minimum atomic E-state index is -0.639. The first kappa shape index (κ1) is 19.9. The van der Waals surface area contributed by atoms with Crippen molar-refractivity contribution >= 4 is 0 Å². The summed E-state index contributed by atoms with van der Waals surface area (Å²) < 4.78 is 19.3. The number of rotatable bonds is 8. The Hall–Kier alpha value is -0.900. The van der Waals surface area contributed by atoms with Crippen LogP contribution in [0.25, 0.3) is 0 Å². The minimum absolute atomic E-state index is 0.266. The van der Waals surface area contributed by atoms with Crippen LogP contribution >= 0.6 is 0 Å². The van der Waals surface area contributed by atoms with Gasteiger partial charge in [-0.25, -0.2) is 0 Å². The van der Waals surface area contributed by atoms with Gasteiger partial charge in [0.05, 0.1) is 6.10 Å². The smallest absolute Gasteiger partial charge is 0.205 e. The van der Waals surface area contributed by atoms with Crippen molar-refractivity contribution in [3.8, 4) is 0 Å². The summed E-state index contributed by atoms with van der Waals surface area (Å²) in [6.45, 7) is 12.4. The zero-order valence-electron chi connectivity index (χ0n) is 17.2. The van der Waals surface area contributed by atoms with Gasteiger partial charge in [-0.1, -0.05) is 57.5 Å². The Balaban J connectivity index is 1.92. The van der Waals surface area contributed by atoms with Crippen LogP contribution in [0.2, 0.25) is 0 Å². The number of benzene rings is 1. The topological polar surface area (TPSA) is 27.7 Å². The summed E-state index contributed by atoms with van der Waals surface area (Å²) in [5.74, 6) is 1.32. The highest BCUT2D eigenvalue weighted by molar-refractivity contribution is 5.35. The fourth-order valence-electron chi connectivity index (χ4n) is 4.86. The molecule has 26 heavy (non-hydrogen) atoms. The Morgan fingerprint density at radius 2 is 1.69 bits per heavy atom. The van der Waals surface area contributed by atoms with E-state index in [1.165, 1.54) is 18.4 Å². The highest BCUT2D eigenvalue weighted by atomic mass is 16.7. The summed E-state index contributed by atoms with van der Waals surface area (Å²) in [6, 6.07) is 10.6. The van der Waals surface area contributed by atoms with Gasteiger partial charge >= 0.3 is 0 Å². The van der Waals surface area contributed by atoms with Crippen LogP contribution in [-0.4, -0.2) is 25.1 Å². The summed E-state index contributed by atoms with van der Waals surface area (Å²) >= 11 is 0. The van der Waals surface area contributed by atoms with Crippen LogP contribution in [0, 0.1) is 17.8 Å². The molecule has 3 heteroatoms. The van der Waals surface area contributed by atoms with E-state index in [4.69, 9.17) is 14.2 Å². The monoisotopic (exact) mass is 360 g/mol. The quantitative estimate of drug-likeness (QED) is 0.570. The van der Waals surface area contributed by atoms with Crippen LogP contribution < -0.4 is 0 Å². The Morgan fingerprint density at radius 3 is 2.27 bits per heavy atom. The van der Waals surface area contributed by atoms with Crippen molar-refractivity contribution in [1.29, 1.82) is 0 Å². The van der Waals surface area contributed by atoms with Crippen molar-refractivity contribution < 1.29 is 14.2 Å². The summed E-state index contributed by atoms with van der Waals surface area (Å²) in [5, 5.41) is 0. The van der Waals surface area contributed by atoms with Gasteiger partial charge in [0.2, 0.25) is 5.79 Å². The van der Waals surface area contributed by atoms with Gasteiger partial charge in [0.25, 0.3) is 0 Å². The van der Waals surface area contributed by atoms with Gasteiger partial charge in [-0.15, -0.1) is 0 Å². The van der Waals surface area contributed by atoms with E-state index in [1.807, 2.05) is 13.8 Å². The van der Waals surface area contributed by atoms with Crippen molar-refractivity contribution in [3.63, 3.8) is 0 Å². The fourth-order valence-corrected chi connectivity index (χ4v) is 4.86. The van der Waals surface area contributed by atoms with E-state index in [9.17, 15) is 0 Å². The molecule has 1 unspecified atom stereocenters. The summed E-state index contributed by atoms with van der Waals surface area (Å²) in [5.41, 5.74) is 0.706. The minimum Gasteiger partial charge on any atom is -0.361 e. The van der Waals surface area contributed by atoms with Crippen molar-refractivity contribution in [2.24, 2.45) is 17.8 Å². The molecule has 1 aromatic rings. The van der Waals surface area contributed by atoms with E-state index < -0.39 is 11.4 Å². The maximum absolute atomic E-state index is 6.99. The molecule has 0 aliphatic heterocycles. The average Bonchev–Trinajstić information content (AvgIpc) is 3.23. The van der Waals surface area contributed by atoms with Crippen LogP contribution in [0.3, 0.4) is 0 Å². The van der Waals surface area contributed by atoms with E-state index in [2.05, 4.69) is 51.1 Å². The first-order valence-corrected chi connectivity index (χ1v) is 10.5. The van der Waals surface area contributed by atoms with Gasteiger partial charge in [0.1, 0.15) is 0 Å². The van der Waals surface area contributed by atoms with Crippen LogP contribution in [0.1, 0.15) is 65.9 Å². The van der Waals surface area contributed by atoms with Crippen LogP contribution in [0.4, 0.5) is 0 Å². The molecule has 0 amide bonds. The third-order valence-corrected chi connectivity index (χ3v) is 6.28. The van der Waals surface area contributed by atoms with E-state index in [-0.39, 0.29) is 6.10 Å². The number of hydrogen-bond donors (Lipinski definition) is 0. The summed E-state index contributed by atoms with van der Waals surface area (Å²) in [6.07, 6.45) is 4.74. The molecule has 0 spiro atoms. The van der Waals surface area contributed by atoms with Crippen molar-refractivity contribution in [1.82, 2.24) is 0 Å². The summed E-state index contributed by atoms with van der Waals surface area (Å²) in [4.78, 5) is 0. The Labute approximate surface area is 159 Å². The van der Waals surface area contributed by atoms with Gasteiger partial charge in [-0.3, -0.25) is 0 Å². The normalized spacial score (nSPS) is 33.4. The maximum atomic E-state index is 6.99. The standard InChI is InChI=1S/C23H36O3/c1-6-24-23(25-7-2)16-22(23,19-11-9-8-10-12-19)26-21-15-18(5)13-14-20(21)17(3)4/h8-12,17-18,20-21H,6-7,13-16H2,1-5H3/t18-,20+,21-,22?/m1/s1. The molecule has 2 aliphatic rings. The molecule has 0 saturated heterocycles. The van der Waals surface area contributed by atoms with Crippen molar-refractivity contribution in [2.45, 2.75) is 77.8 Å². The lowest BCUT2D eigenvalue weighted by molar-refractivity contribution is -0.232. The molecular formula is C23H36O3. The predicted molar refractivity (Wildman–Crippen MR) is 105 cm³/mol. The second-order valence-electron chi connectivity index (χ2n) is 8.47. The maximum Gasteiger partial charge on any atom is 0.205 e. The molecular weight excluding hydrogens is 324 g/mol. The van der Waals surface area contributed by atoms with E-state index >= 15 is 0 Å². The number of ether oxygens (including phenoxy) is 3. The SMILES string of the molecule is CCOC1(OCC)CC1(O[C@@H]1C[C@H](C)CC[C@H]1C(C)C)c1ccccc1. The molecule has 2 fully saturated rings. The molecule has 0 aromatic heterocycles. The van der Waals surface area contributed by atoms with Gasteiger partial charge in [0.15, 0.2) is 5.60 Å². The third kappa shape index (κ3) is 3.58. The van der Waals surface area contributed by atoms with E-state index in [0.717, 1.165) is 18.8 Å². The molecule has 0 heterocycles. The molecule has 3 rings (SSSR count). The zero-order valence-corrected chi connectivity index (χ0v) is 17.2. The molecule has 0 radical (unpaired) electrons. The summed E-state index contributed by atoms with van der Waals surface area (Å²) in [7, 11) is 0. The predicted octanol–water partition coefficient (Wildman–Crippen LogP) is 5.53. The molecule has 0 N–H and O–H groups in total. The van der Waals surface area contributed by atoms with Crippen molar-refractivity contribution in [3.05, 3.63) is 35.9 Å². The lowest BCUT2D eigenvalue weighted by Gasteiger charge is -2.40. The van der Waals surface area contributed by atoms with Crippen LogP contribution in [0.5, 0.6) is 0 Å². The largest absolute Gasteiger partial charge is 0.361 e. The molecule has 146 valence electrons. The second kappa shape index (κ2) is 8.00. The molecule has 2 saturated carbocycles. The fraction of sp³-hybridized carbons (Fsp3) is 0.739. The third-order valence-electron chi connectivity index (χ3n) is 6.28.